The molecular weight excluding hydrogens is 510 g/mol. The zero-order valence-electron chi connectivity index (χ0n) is 21.5. The molecule has 0 fully saturated rings. The van der Waals surface area contributed by atoms with Crippen LogP contribution in [0.25, 0.3) is 22.3 Å². The largest absolute Gasteiger partial charge is 0.496 e. The average molecular weight is 535 g/mol. The van der Waals surface area contributed by atoms with Crippen LogP contribution in [-0.2, 0) is 0 Å². The number of rotatable bonds is 7. The lowest BCUT2D eigenvalue weighted by Gasteiger charge is -2.14. The van der Waals surface area contributed by atoms with Crippen LogP contribution in [0.2, 0.25) is 0 Å². The van der Waals surface area contributed by atoms with E-state index < -0.39 is 23.4 Å². The summed E-state index contributed by atoms with van der Waals surface area (Å²) in [6.07, 6.45) is 0. The molecule has 0 atom stereocenters. The van der Waals surface area contributed by atoms with Crippen molar-refractivity contribution in [3.05, 3.63) is 138 Å². The number of halogens is 2. The molecule has 0 aliphatic heterocycles. The quantitative estimate of drug-likeness (QED) is 0.224. The highest BCUT2D eigenvalue weighted by atomic mass is 19.1. The standard InChI is InChI=1S/C33H24F2N2O3/c1-40-29-19-18-23(32(38)36-27-16-8-14-24(30(27)34)21-10-4-2-5-11-21)20-26(29)33(39)37-28-17-9-15-25(31(28)35)22-12-6-3-7-13-22/h2-20H,1H3,(H,36,38)(H,37,39). The summed E-state index contributed by atoms with van der Waals surface area (Å²) >= 11 is 0. The number of nitrogens with one attached hydrogen (secondary N) is 2. The maximum atomic E-state index is 15.3. The lowest BCUT2D eigenvalue weighted by Crippen LogP contribution is -2.17. The highest BCUT2D eigenvalue weighted by molar-refractivity contribution is 6.10. The van der Waals surface area contributed by atoms with Crippen molar-refractivity contribution in [2.45, 2.75) is 0 Å². The number of carbonyl (C=O) groups is 2. The summed E-state index contributed by atoms with van der Waals surface area (Å²) in [4.78, 5) is 26.3. The van der Waals surface area contributed by atoms with Crippen LogP contribution < -0.4 is 15.4 Å². The molecule has 5 rings (SSSR count). The van der Waals surface area contributed by atoms with E-state index in [0.29, 0.717) is 22.3 Å². The second kappa shape index (κ2) is 11.6. The first-order valence-corrected chi connectivity index (χ1v) is 12.4. The third-order valence-corrected chi connectivity index (χ3v) is 6.37. The van der Waals surface area contributed by atoms with Crippen molar-refractivity contribution >= 4 is 23.2 Å². The summed E-state index contributed by atoms with van der Waals surface area (Å²) in [7, 11) is 1.38. The average Bonchev–Trinajstić information content (AvgIpc) is 2.99. The van der Waals surface area contributed by atoms with E-state index in [9.17, 15) is 9.59 Å². The molecule has 40 heavy (non-hydrogen) atoms. The molecule has 0 heterocycles. The first-order valence-electron chi connectivity index (χ1n) is 12.4. The fourth-order valence-electron chi connectivity index (χ4n) is 4.35. The van der Waals surface area contributed by atoms with Crippen LogP contribution in [0.1, 0.15) is 20.7 Å². The van der Waals surface area contributed by atoms with E-state index in [1.54, 1.807) is 72.8 Å². The third-order valence-electron chi connectivity index (χ3n) is 6.37. The van der Waals surface area contributed by atoms with Gasteiger partial charge in [0.25, 0.3) is 11.8 Å². The molecule has 0 saturated carbocycles. The number of carbonyl (C=O) groups excluding carboxylic acids is 2. The Hall–Kier alpha value is -5.30. The van der Waals surface area contributed by atoms with Gasteiger partial charge in [-0.2, -0.15) is 0 Å². The topological polar surface area (TPSA) is 67.4 Å². The van der Waals surface area contributed by atoms with Gasteiger partial charge in [0, 0.05) is 16.7 Å². The molecule has 0 spiro atoms. The maximum absolute atomic E-state index is 15.3. The van der Waals surface area contributed by atoms with Gasteiger partial charge in [-0.25, -0.2) is 8.78 Å². The molecule has 198 valence electrons. The molecule has 2 N–H and O–H groups in total. The Kier molecular flexibility index (Phi) is 7.64. The van der Waals surface area contributed by atoms with Crippen molar-refractivity contribution in [3.8, 4) is 28.0 Å². The first-order chi connectivity index (χ1) is 19.5. The summed E-state index contributed by atoms with van der Waals surface area (Å²) in [5, 5.41) is 5.15. The van der Waals surface area contributed by atoms with Crippen molar-refractivity contribution in [3.63, 3.8) is 0 Å². The molecular formula is C33H24F2N2O3. The molecule has 0 saturated heterocycles. The molecule has 0 unspecified atom stereocenters. The van der Waals surface area contributed by atoms with Gasteiger partial charge < -0.3 is 15.4 Å². The van der Waals surface area contributed by atoms with E-state index in [4.69, 9.17) is 4.74 Å². The molecule has 0 aliphatic carbocycles. The third kappa shape index (κ3) is 5.44. The number of amides is 2. The molecule has 0 aliphatic rings. The van der Waals surface area contributed by atoms with Gasteiger partial charge >= 0.3 is 0 Å². The Balaban J connectivity index is 1.40. The van der Waals surface area contributed by atoms with Crippen molar-refractivity contribution < 1.29 is 23.1 Å². The van der Waals surface area contributed by atoms with Gasteiger partial charge in [0.05, 0.1) is 24.0 Å². The molecule has 5 nitrogen and oxygen atoms in total. The van der Waals surface area contributed by atoms with Crippen LogP contribution in [0.5, 0.6) is 5.75 Å². The highest BCUT2D eigenvalue weighted by Gasteiger charge is 2.20. The molecule has 2 amide bonds. The summed E-state index contributed by atoms with van der Waals surface area (Å²) in [5.74, 6) is -2.29. The van der Waals surface area contributed by atoms with Crippen LogP contribution >= 0.6 is 0 Å². The summed E-state index contributed by atoms with van der Waals surface area (Å²) in [6.45, 7) is 0. The predicted octanol–water partition coefficient (Wildman–Crippen LogP) is 7.81. The van der Waals surface area contributed by atoms with Crippen molar-refractivity contribution in [2.24, 2.45) is 0 Å². The number of ether oxygens (including phenoxy) is 1. The van der Waals surface area contributed by atoms with Gasteiger partial charge in [-0.3, -0.25) is 9.59 Å². The maximum Gasteiger partial charge on any atom is 0.259 e. The van der Waals surface area contributed by atoms with E-state index in [-0.39, 0.29) is 28.3 Å². The molecule has 5 aromatic carbocycles. The van der Waals surface area contributed by atoms with Gasteiger partial charge in [0.15, 0.2) is 11.6 Å². The molecule has 7 heteroatoms. The van der Waals surface area contributed by atoms with Gasteiger partial charge in [-0.15, -0.1) is 0 Å². The number of benzene rings is 5. The highest BCUT2D eigenvalue weighted by Crippen LogP contribution is 2.30. The van der Waals surface area contributed by atoms with Crippen molar-refractivity contribution in [1.29, 1.82) is 0 Å². The zero-order valence-corrected chi connectivity index (χ0v) is 21.5. The fraction of sp³-hybridized carbons (Fsp3) is 0.0303. The first kappa shape index (κ1) is 26.3. The second-order valence-electron chi connectivity index (χ2n) is 8.89. The second-order valence-corrected chi connectivity index (χ2v) is 8.89. The van der Waals surface area contributed by atoms with Gasteiger partial charge in [0.1, 0.15) is 5.75 Å². The van der Waals surface area contributed by atoms with E-state index >= 15 is 8.78 Å². The number of hydrogen-bond acceptors (Lipinski definition) is 3. The van der Waals surface area contributed by atoms with E-state index in [0.717, 1.165) is 0 Å². The summed E-state index contributed by atoms with van der Waals surface area (Å²) < 4.78 is 35.9. The van der Waals surface area contributed by atoms with E-state index in [2.05, 4.69) is 10.6 Å². The van der Waals surface area contributed by atoms with Crippen LogP contribution in [0, 0.1) is 11.6 Å². The van der Waals surface area contributed by atoms with Crippen molar-refractivity contribution in [2.75, 3.05) is 17.7 Å². The normalized spacial score (nSPS) is 10.6. The predicted molar refractivity (Wildman–Crippen MR) is 153 cm³/mol. The SMILES string of the molecule is COc1ccc(C(=O)Nc2cccc(-c3ccccc3)c2F)cc1C(=O)Nc1cccc(-c2ccccc2)c1F. The zero-order chi connectivity index (χ0) is 28.1. The molecule has 0 bridgehead atoms. The number of methoxy groups -OCH3 is 1. The van der Waals surface area contributed by atoms with Crippen LogP contribution in [-0.4, -0.2) is 18.9 Å². The van der Waals surface area contributed by atoms with Gasteiger partial charge in [-0.05, 0) is 41.5 Å². The molecule has 0 aromatic heterocycles. The summed E-state index contributed by atoms with van der Waals surface area (Å²) in [6, 6.07) is 31.6. The number of hydrogen-bond donors (Lipinski definition) is 2. The minimum absolute atomic E-state index is 0.00651. The Morgan fingerprint density at radius 2 is 1.10 bits per heavy atom. The van der Waals surface area contributed by atoms with Crippen LogP contribution in [0.4, 0.5) is 20.2 Å². The minimum Gasteiger partial charge on any atom is -0.496 e. The Labute approximate surface area is 230 Å². The van der Waals surface area contributed by atoms with Crippen molar-refractivity contribution in [1.82, 2.24) is 0 Å². The molecule has 5 aromatic rings. The Bertz CT molecular complexity index is 1690. The fourth-order valence-corrected chi connectivity index (χ4v) is 4.35. The van der Waals surface area contributed by atoms with Crippen LogP contribution in [0.15, 0.2) is 115 Å². The van der Waals surface area contributed by atoms with Gasteiger partial charge in [-0.1, -0.05) is 84.9 Å². The van der Waals surface area contributed by atoms with Crippen LogP contribution in [0.3, 0.4) is 0 Å². The van der Waals surface area contributed by atoms with E-state index in [1.807, 2.05) is 12.1 Å². The lowest BCUT2D eigenvalue weighted by molar-refractivity contribution is 0.102. The monoisotopic (exact) mass is 534 g/mol. The van der Waals surface area contributed by atoms with E-state index in [1.165, 1.54) is 37.4 Å². The number of anilines is 2. The van der Waals surface area contributed by atoms with Gasteiger partial charge in [0.2, 0.25) is 0 Å². The molecule has 0 radical (unpaired) electrons. The smallest absolute Gasteiger partial charge is 0.259 e. The lowest BCUT2D eigenvalue weighted by atomic mass is 10.0. The minimum atomic E-state index is -0.673. The summed E-state index contributed by atoms with van der Waals surface area (Å²) in [5.41, 5.74) is 2.08. The Morgan fingerprint density at radius 1 is 0.600 bits per heavy atom. The Morgan fingerprint density at radius 3 is 1.60 bits per heavy atom.